The highest BCUT2D eigenvalue weighted by Crippen LogP contribution is 2.06. The second-order valence-electron chi connectivity index (χ2n) is 5.27. The van der Waals surface area contributed by atoms with E-state index in [1.165, 1.54) is 11.0 Å². The predicted molar refractivity (Wildman–Crippen MR) is 83.3 cm³/mol. The van der Waals surface area contributed by atoms with Crippen LogP contribution < -0.4 is 10.6 Å². The van der Waals surface area contributed by atoms with Crippen LogP contribution in [-0.4, -0.2) is 38.1 Å². The molecule has 0 unspecified atom stereocenters. The number of carbonyl (C=O) groups excluding carboxylic acids is 2. The van der Waals surface area contributed by atoms with Gasteiger partial charge in [0, 0.05) is 18.2 Å². The molecule has 23 heavy (non-hydrogen) atoms. The number of hydrogen-bond donors (Lipinski definition) is 2. The van der Waals surface area contributed by atoms with E-state index < -0.39 is 0 Å². The Kier molecular flexibility index (Phi) is 5.79. The molecule has 0 spiro atoms. The quantitative estimate of drug-likeness (QED) is 0.775. The summed E-state index contributed by atoms with van der Waals surface area (Å²) in [6.45, 7) is 4.37. The lowest BCUT2D eigenvalue weighted by molar-refractivity contribution is -0.122. The van der Waals surface area contributed by atoms with Crippen LogP contribution in [0.4, 0.5) is 0 Å². The second kappa shape index (κ2) is 8.02. The van der Waals surface area contributed by atoms with E-state index in [-0.39, 0.29) is 24.4 Å². The number of aromatic nitrogens is 4. The highest BCUT2D eigenvalue weighted by Gasteiger charge is 2.09. The molecule has 1 aromatic heterocycles. The highest BCUT2D eigenvalue weighted by atomic mass is 16.2. The van der Waals surface area contributed by atoms with E-state index in [0.29, 0.717) is 12.1 Å². The van der Waals surface area contributed by atoms with Crippen LogP contribution in [-0.2, 0) is 17.9 Å². The third kappa shape index (κ3) is 5.17. The lowest BCUT2D eigenvalue weighted by Gasteiger charge is -2.12. The van der Waals surface area contributed by atoms with Crippen molar-refractivity contribution in [3.05, 3.63) is 41.7 Å². The molecule has 8 nitrogen and oxygen atoms in total. The first-order valence-electron chi connectivity index (χ1n) is 7.45. The SMILES string of the molecule is CC[C@@H](C)NC(=O)c1cccc(CNC(=O)Cn2cnnn2)c1. The molecule has 0 bridgehead atoms. The average molecular weight is 316 g/mol. The van der Waals surface area contributed by atoms with Gasteiger partial charge in [-0.25, -0.2) is 4.68 Å². The van der Waals surface area contributed by atoms with Gasteiger partial charge in [-0.15, -0.1) is 5.10 Å². The van der Waals surface area contributed by atoms with Crippen molar-refractivity contribution in [2.24, 2.45) is 0 Å². The number of nitrogens with zero attached hydrogens (tertiary/aromatic N) is 4. The van der Waals surface area contributed by atoms with Crippen LogP contribution in [0.5, 0.6) is 0 Å². The smallest absolute Gasteiger partial charge is 0.251 e. The maximum atomic E-state index is 12.1. The molecule has 0 aliphatic heterocycles. The fourth-order valence-corrected chi connectivity index (χ4v) is 1.89. The molecule has 122 valence electrons. The number of tetrazole rings is 1. The topological polar surface area (TPSA) is 102 Å². The van der Waals surface area contributed by atoms with Gasteiger partial charge in [0.15, 0.2) is 0 Å². The van der Waals surface area contributed by atoms with Gasteiger partial charge < -0.3 is 10.6 Å². The Hall–Kier alpha value is -2.77. The Bertz CT molecular complexity index is 656. The van der Waals surface area contributed by atoms with Gasteiger partial charge in [-0.05, 0) is 41.5 Å². The third-order valence-corrected chi connectivity index (χ3v) is 3.37. The molecule has 0 aliphatic carbocycles. The average Bonchev–Trinajstić information content (AvgIpc) is 3.06. The van der Waals surface area contributed by atoms with Crippen LogP contribution in [0.1, 0.15) is 36.2 Å². The standard InChI is InChI=1S/C15H20N6O2/c1-3-11(2)18-15(23)13-6-4-5-12(7-13)8-16-14(22)9-21-10-17-19-20-21/h4-7,10-11H,3,8-9H2,1-2H3,(H,16,22)(H,18,23)/t11-/m1/s1. The Labute approximate surface area is 134 Å². The molecule has 2 aromatic rings. The van der Waals surface area contributed by atoms with E-state index in [4.69, 9.17) is 0 Å². The largest absolute Gasteiger partial charge is 0.350 e. The minimum absolute atomic E-state index is 0.0567. The summed E-state index contributed by atoms with van der Waals surface area (Å²) in [4.78, 5) is 23.9. The highest BCUT2D eigenvalue weighted by molar-refractivity contribution is 5.94. The van der Waals surface area contributed by atoms with Crippen LogP contribution in [0.25, 0.3) is 0 Å². The maximum absolute atomic E-state index is 12.1. The molecule has 1 aromatic carbocycles. The number of hydrogen-bond acceptors (Lipinski definition) is 5. The molecule has 8 heteroatoms. The molecule has 1 heterocycles. The van der Waals surface area contributed by atoms with Crippen LogP contribution in [0.3, 0.4) is 0 Å². The zero-order valence-electron chi connectivity index (χ0n) is 13.2. The summed E-state index contributed by atoms with van der Waals surface area (Å²) < 4.78 is 1.34. The van der Waals surface area contributed by atoms with Gasteiger partial charge in [0.05, 0.1) is 0 Å². The third-order valence-electron chi connectivity index (χ3n) is 3.37. The van der Waals surface area contributed by atoms with Gasteiger partial charge in [0.1, 0.15) is 12.9 Å². The van der Waals surface area contributed by atoms with Crippen LogP contribution in [0.15, 0.2) is 30.6 Å². The minimum Gasteiger partial charge on any atom is -0.350 e. The normalized spacial score (nSPS) is 11.7. The van der Waals surface area contributed by atoms with E-state index in [0.717, 1.165) is 12.0 Å². The van der Waals surface area contributed by atoms with Crippen molar-refractivity contribution in [2.75, 3.05) is 0 Å². The van der Waals surface area contributed by atoms with Crippen LogP contribution in [0, 0.1) is 0 Å². The van der Waals surface area contributed by atoms with E-state index >= 15 is 0 Å². The summed E-state index contributed by atoms with van der Waals surface area (Å²) in [5, 5.41) is 16.2. The fraction of sp³-hybridized carbons (Fsp3) is 0.400. The lowest BCUT2D eigenvalue weighted by atomic mass is 10.1. The molecular weight excluding hydrogens is 296 g/mol. The van der Waals surface area contributed by atoms with Crippen LogP contribution in [0.2, 0.25) is 0 Å². The summed E-state index contributed by atoms with van der Waals surface area (Å²) in [7, 11) is 0. The van der Waals surface area contributed by atoms with Crippen molar-refractivity contribution < 1.29 is 9.59 Å². The van der Waals surface area contributed by atoms with Crippen molar-refractivity contribution >= 4 is 11.8 Å². The van der Waals surface area contributed by atoms with Crippen molar-refractivity contribution in [2.45, 2.75) is 39.4 Å². The first-order valence-corrected chi connectivity index (χ1v) is 7.45. The summed E-state index contributed by atoms with van der Waals surface area (Å²) in [5.41, 5.74) is 1.43. The van der Waals surface area contributed by atoms with E-state index in [2.05, 4.69) is 26.2 Å². The van der Waals surface area contributed by atoms with Gasteiger partial charge in [-0.2, -0.15) is 0 Å². The molecule has 0 radical (unpaired) electrons. The molecule has 0 saturated carbocycles. The first kappa shape index (κ1) is 16.6. The van der Waals surface area contributed by atoms with Gasteiger partial charge in [0.25, 0.3) is 5.91 Å². The Morgan fingerprint density at radius 1 is 1.35 bits per heavy atom. The van der Waals surface area contributed by atoms with E-state index in [1.54, 1.807) is 18.2 Å². The fourth-order valence-electron chi connectivity index (χ4n) is 1.89. The van der Waals surface area contributed by atoms with Gasteiger partial charge in [-0.3, -0.25) is 9.59 Å². The van der Waals surface area contributed by atoms with E-state index in [9.17, 15) is 9.59 Å². The zero-order valence-corrected chi connectivity index (χ0v) is 13.2. The molecule has 0 saturated heterocycles. The Balaban J connectivity index is 1.89. The van der Waals surface area contributed by atoms with Crippen molar-refractivity contribution in [1.82, 2.24) is 30.8 Å². The Morgan fingerprint density at radius 3 is 2.87 bits per heavy atom. The number of carbonyl (C=O) groups is 2. The minimum atomic E-state index is -0.202. The molecule has 2 amide bonds. The summed E-state index contributed by atoms with van der Waals surface area (Å²) >= 11 is 0. The summed E-state index contributed by atoms with van der Waals surface area (Å²) in [5.74, 6) is -0.312. The molecule has 0 fully saturated rings. The predicted octanol–water partition coefficient (Wildman–Crippen LogP) is 0.518. The van der Waals surface area contributed by atoms with Crippen molar-refractivity contribution in [1.29, 1.82) is 0 Å². The summed E-state index contributed by atoms with van der Waals surface area (Å²) in [6.07, 6.45) is 2.25. The molecular formula is C15H20N6O2. The number of rotatable bonds is 7. The first-order chi connectivity index (χ1) is 11.1. The maximum Gasteiger partial charge on any atom is 0.251 e. The zero-order chi connectivity index (χ0) is 16.7. The van der Waals surface area contributed by atoms with Gasteiger partial charge in [-0.1, -0.05) is 19.1 Å². The number of benzene rings is 1. The Morgan fingerprint density at radius 2 is 2.17 bits per heavy atom. The molecule has 2 N–H and O–H groups in total. The lowest BCUT2D eigenvalue weighted by Crippen LogP contribution is -2.32. The molecule has 0 aliphatic rings. The number of amides is 2. The van der Waals surface area contributed by atoms with E-state index in [1.807, 2.05) is 19.9 Å². The summed E-state index contributed by atoms with van der Waals surface area (Å²) in [6, 6.07) is 7.31. The second-order valence-corrected chi connectivity index (χ2v) is 5.27. The monoisotopic (exact) mass is 316 g/mol. The van der Waals surface area contributed by atoms with Gasteiger partial charge in [0.2, 0.25) is 5.91 Å². The van der Waals surface area contributed by atoms with Crippen molar-refractivity contribution in [3.8, 4) is 0 Å². The van der Waals surface area contributed by atoms with Gasteiger partial charge >= 0.3 is 0 Å². The molecule has 1 atom stereocenters. The van der Waals surface area contributed by atoms with Crippen LogP contribution >= 0.6 is 0 Å². The van der Waals surface area contributed by atoms with Crippen molar-refractivity contribution in [3.63, 3.8) is 0 Å². The molecule has 2 rings (SSSR count). The number of nitrogens with one attached hydrogen (secondary N) is 2.